The molecule has 0 fully saturated rings. The fraction of sp³-hybridized carbons (Fsp3) is 0.333. The molecule has 2 heterocycles. The Hall–Kier alpha value is -3.00. The average Bonchev–Trinajstić information content (AvgIpc) is 3.05. The highest BCUT2D eigenvalue weighted by Gasteiger charge is 2.14. The third-order valence-electron chi connectivity index (χ3n) is 4.23. The van der Waals surface area contributed by atoms with Gasteiger partial charge in [0, 0.05) is 29.6 Å². The van der Waals surface area contributed by atoms with Crippen LogP contribution in [0.25, 0.3) is 5.78 Å². The number of rotatable bonds is 6. The van der Waals surface area contributed by atoms with E-state index >= 15 is 0 Å². The third kappa shape index (κ3) is 3.65. The molecule has 0 saturated heterocycles. The first-order chi connectivity index (χ1) is 12.5. The van der Waals surface area contributed by atoms with Gasteiger partial charge in [-0.3, -0.25) is 4.79 Å². The molecule has 26 heavy (non-hydrogen) atoms. The molecule has 0 aliphatic carbocycles. The van der Waals surface area contributed by atoms with Crippen molar-refractivity contribution in [2.45, 2.75) is 33.2 Å². The molecule has 1 aromatic carbocycles. The zero-order chi connectivity index (χ0) is 18.7. The number of aromatic nitrogens is 4. The number of benzene rings is 1. The summed E-state index contributed by atoms with van der Waals surface area (Å²) in [5.74, 6) is 1.71. The Morgan fingerprint density at radius 1 is 1.31 bits per heavy atom. The number of carbonyl (C=O) groups is 1. The highest BCUT2D eigenvalue weighted by Crippen LogP contribution is 2.18. The largest absolute Gasteiger partial charge is 0.497 e. The van der Waals surface area contributed by atoms with Gasteiger partial charge in [-0.2, -0.15) is 4.98 Å². The number of fused-ring (bicyclic) bond motifs is 1. The van der Waals surface area contributed by atoms with Crippen LogP contribution in [0.15, 0.2) is 24.3 Å². The maximum absolute atomic E-state index is 12.3. The SMILES string of the molecule is COc1cccc(NC(=O)CCc2c(C)nc3nc(CN)nn3c2C)c1. The molecule has 3 rings (SSSR count). The van der Waals surface area contributed by atoms with Crippen molar-refractivity contribution in [1.29, 1.82) is 0 Å². The molecule has 0 atom stereocenters. The highest BCUT2D eigenvalue weighted by molar-refractivity contribution is 5.91. The van der Waals surface area contributed by atoms with E-state index in [-0.39, 0.29) is 12.5 Å². The summed E-state index contributed by atoms with van der Waals surface area (Å²) in [6.07, 6.45) is 0.902. The Morgan fingerprint density at radius 2 is 2.12 bits per heavy atom. The molecule has 0 spiro atoms. The fourth-order valence-corrected chi connectivity index (χ4v) is 2.86. The van der Waals surface area contributed by atoms with Crippen molar-refractivity contribution in [2.75, 3.05) is 12.4 Å². The van der Waals surface area contributed by atoms with Gasteiger partial charge in [-0.05, 0) is 38.0 Å². The quantitative estimate of drug-likeness (QED) is 0.699. The van der Waals surface area contributed by atoms with E-state index in [1.165, 1.54) is 0 Å². The average molecular weight is 354 g/mol. The van der Waals surface area contributed by atoms with Gasteiger partial charge in [0.2, 0.25) is 5.91 Å². The third-order valence-corrected chi connectivity index (χ3v) is 4.23. The van der Waals surface area contributed by atoms with Crippen LogP contribution in [0.2, 0.25) is 0 Å². The number of aryl methyl sites for hydroxylation is 2. The minimum absolute atomic E-state index is 0.0709. The summed E-state index contributed by atoms with van der Waals surface area (Å²) in [6, 6.07) is 7.28. The zero-order valence-corrected chi connectivity index (χ0v) is 15.1. The van der Waals surface area contributed by atoms with Gasteiger partial charge in [0.05, 0.1) is 13.7 Å². The molecule has 3 N–H and O–H groups in total. The van der Waals surface area contributed by atoms with Gasteiger partial charge < -0.3 is 15.8 Å². The summed E-state index contributed by atoms with van der Waals surface area (Å²) in [7, 11) is 1.59. The Kier molecular flexibility index (Phi) is 5.13. The van der Waals surface area contributed by atoms with E-state index in [9.17, 15) is 4.79 Å². The fourth-order valence-electron chi connectivity index (χ4n) is 2.86. The molecule has 136 valence electrons. The zero-order valence-electron chi connectivity index (χ0n) is 15.1. The molecule has 0 bridgehead atoms. The second-order valence-electron chi connectivity index (χ2n) is 5.99. The van der Waals surface area contributed by atoms with Crippen molar-refractivity contribution >= 4 is 17.4 Å². The second-order valence-corrected chi connectivity index (χ2v) is 5.99. The number of amides is 1. The summed E-state index contributed by atoms with van der Waals surface area (Å²) in [5, 5.41) is 7.24. The lowest BCUT2D eigenvalue weighted by molar-refractivity contribution is -0.116. The molecule has 3 aromatic rings. The van der Waals surface area contributed by atoms with Crippen molar-refractivity contribution < 1.29 is 9.53 Å². The van der Waals surface area contributed by atoms with Crippen molar-refractivity contribution in [3.8, 4) is 5.75 Å². The van der Waals surface area contributed by atoms with Gasteiger partial charge in [0.25, 0.3) is 5.78 Å². The molecule has 8 nitrogen and oxygen atoms in total. The maximum Gasteiger partial charge on any atom is 0.252 e. The van der Waals surface area contributed by atoms with E-state index in [1.807, 2.05) is 32.0 Å². The van der Waals surface area contributed by atoms with Crippen LogP contribution in [-0.2, 0) is 17.8 Å². The lowest BCUT2D eigenvalue weighted by atomic mass is 10.1. The summed E-state index contributed by atoms with van der Waals surface area (Å²) in [6.45, 7) is 4.13. The first-order valence-electron chi connectivity index (χ1n) is 8.37. The Labute approximate surface area is 151 Å². The molecular weight excluding hydrogens is 332 g/mol. The van der Waals surface area contributed by atoms with E-state index in [2.05, 4.69) is 20.4 Å². The summed E-state index contributed by atoms with van der Waals surface area (Å²) < 4.78 is 6.85. The number of nitrogens with zero attached hydrogens (tertiary/aromatic N) is 4. The second kappa shape index (κ2) is 7.49. The number of hydrogen-bond donors (Lipinski definition) is 2. The predicted octanol–water partition coefficient (Wildman–Crippen LogP) is 1.78. The smallest absolute Gasteiger partial charge is 0.252 e. The van der Waals surface area contributed by atoms with Crippen LogP contribution in [-0.4, -0.2) is 32.6 Å². The van der Waals surface area contributed by atoms with Crippen LogP contribution < -0.4 is 15.8 Å². The van der Waals surface area contributed by atoms with Crippen molar-refractivity contribution in [2.24, 2.45) is 5.73 Å². The Morgan fingerprint density at radius 3 is 2.85 bits per heavy atom. The number of nitrogens with one attached hydrogen (secondary N) is 1. The lowest BCUT2D eigenvalue weighted by Crippen LogP contribution is -2.14. The maximum atomic E-state index is 12.3. The lowest BCUT2D eigenvalue weighted by Gasteiger charge is -2.11. The molecule has 0 radical (unpaired) electrons. The molecule has 0 saturated carbocycles. The number of carbonyl (C=O) groups excluding carboxylic acids is 1. The molecule has 8 heteroatoms. The normalized spacial score (nSPS) is 10.9. The number of nitrogens with two attached hydrogens (primary N) is 1. The first kappa shape index (κ1) is 17.8. The van der Waals surface area contributed by atoms with Gasteiger partial charge in [-0.15, -0.1) is 5.10 Å². The summed E-state index contributed by atoms with van der Waals surface area (Å²) in [4.78, 5) is 21.1. The van der Waals surface area contributed by atoms with Gasteiger partial charge in [-0.1, -0.05) is 6.07 Å². The van der Waals surface area contributed by atoms with Gasteiger partial charge in [-0.25, -0.2) is 9.50 Å². The van der Waals surface area contributed by atoms with E-state index in [1.54, 1.807) is 17.7 Å². The Balaban J connectivity index is 1.73. The van der Waals surface area contributed by atoms with E-state index < -0.39 is 0 Å². The van der Waals surface area contributed by atoms with Gasteiger partial charge in [0.1, 0.15) is 5.75 Å². The van der Waals surface area contributed by atoms with Crippen LogP contribution in [0.1, 0.15) is 29.2 Å². The first-order valence-corrected chi connectivity index (χ1v) is 8.37. The van der Waals surface area contributed by atoms with Gasteiger partial charge in [0.15, 0.2) is 5.82 Å². The topological polar surface area (TPSA) is 107 Å². The van der Waals surface area contributed by atoms with Crippen molar-refractivity contribution in [3.63, 3.8) is 0 Å². The molecular formula is C18H22N6O2. The van der Waals surface area contributed by atoms with E-state index in [4.69, 9.17) is 10.5 Å². The predicted molar refractivity (Wildman–Crippen MR) is 98.1 cm³/mol. The van der Waals surface area contributed by atoms with Crippen LogP contribution >= 0.6 is 0 Å². The van der Waals surface area contributed by atoms with Crippen LogP contribution in [0.5, 0.6) is 5.75 Å². The highest BCUT2D eigenvalue weighted by atomic mass is 16.5. The van der Waals surface area contributed by atoms with Gasteiger partial charge >= 0.3 is 0 Å². The number of ether oxygens (including phenoxy) is 1. The summed E-state index contributed by atoms with van der Waals surface area (Å²) in [5.41, 5.74) is 9.08. The number of anilines is 1. The molecule has 0 unspecified atom stereocenters. The van der Waals surface area contributed by atoms with Crippen LogP contribution in [0.4, 0.5) is 5.69 Å². The van der Waals surface area contributed by atoms with Crippen molar-refractivity contribution in [1.82, 2.24) is 19.6 Å². The Bertz CT molecular complexity index is 950. The molecule has 0 aliphatic rings. The van der Waals surface area contributed by atoms with E-state index in [0.717, 1.165) is 17.0 Å². The molecule has 0 aliphatic heterocycles. The number of methoxy groups -OCH3 is 1. The standard InChI is InChI=1S/C18H22N6O2/c1-11-15(12(2)24-18(20-11)22-16(10-19)23-24)7-8-17(25)21-13-5-4-6-14(9-13)26-3/h4-6,9H,7-8,10,19H2,1-3H3,(H,21,25). The summed E-state index contributed by atoms with van der Waals surface area (Å²) >= 11 is 0. The van der Waals surface area contributed by atoms with E-state index in [0.29, 0.717) is 35.9 Å². The van der Waals surface area contributed by atoms with Crippen LogP contribution in [0.3, 0.4) is 0 Å². The van der Waals surface area contributed by atoms with Crippen molar-refractivity contribution in [3.05, 3.63) is 47.0 Å². The monoisotopic (exact) mass is 354 g/mol. The molecule has 1 amide bonds. The number of hydrogen-bond acceptors (Lipinski definition) is 6. The molecule has 2 aromatic heterocycles. The minimum atomic E-state index is -0.0709. The minimum Gasteiger partial charge on any atom is -0.497 e. The van der Waals surface area contributed by atoms with Crippen LogP contribution in [0, 0.1) is 13.8 Å².